The molecule has 0 heterocycles. The Morgan fingerprint density at radius 2 is 1.69 bits per heavy atom. The van der Waals surface area contributed by atoms with Gasteiger partial charge in [0.2, 0.25) is 6.16 Å². The van der Waals surface area contributed by atoms with E-state index in [0.717, 1.165) is 32.1 Å². The topological polar surface area (TPSA) is 54.4 Å². The molecule has 0 aliphatic carbocycles. The van der Waals surface area contributed by atoms with Gasteiger partial charge in [-0.25, -0.2) is 0 Å². The lowest BCUT2D eigenvalue weighted by Gasteiger charge is -1.97. The summed E-state index contributed by atoms with van der Waals surface area (Å²) in [6, 6.07) is 0. The summed E-state index contributed by atoms with van der Waals surface area (Å²) >= 11 is 0. The maximum Gasteiger partial charge on any atom is 0.332 e. The van der Waals surface area contributed by atoms with E-state index in [1.54, 1.807) is 0 Å². The van der Waals surface area contributed by atoms with Crippen LogP contribution in [0.2, 0.25) is 0 Å². The molecule has 76 valence electrons. The van der Waals surface area contributed by atoms with Crippen molar-refractivity contribution in [2.75, 3.05) is 12.8 Å². The first-order chi connectivity index (χ1) is 6.31. The minimum absolute atomic E-state index is 0.107. The SMILES string of the molecule is O=[PH+]CC(=O)CCCCCCCO. The van der Waals surface area contributed by atoms with Gasteiger partial charge in [0.25, 0.3) is 0 Å². The normalized spacial score (nSPS) is 10.5. The zero-order valence-electron chi connectivity index (χ0n) is 7.92. The second-order valence-corrected chi connectivity index (χ2v) is 3.74. The number of ketones is 1. The first kappa shape index (κ1) is 12.7. The van der Waals surface area contributed by atoms with Gasteiger partial charge in [0.05, 0.1) is 0 Å². The maximum atomic E-state index is 10.9. The van der Waals surface area contributed by atoms with Gasteiger partial charge in [0.15, 0.2) is 5.78 Å². The van der Waals surface area contributed by atoms with Gasteiger partial charge in [0, 0.05) is 13.0 Å². The van der Waals surface area contributed by atoms with Gasteiger partial charge in [-0.05, 0) is 12.8 Å². The molecular weight excluding hydrogens is 187 g/mol. The quantitative estimate of drug-likeness (QED) is 0.462. The van der Waals surface area contributed by atoms with Crippen LogP contribution in [0, 0.1) is 0 Å². The standard InChI is InChI=1S/C9H17O3P/c10-7-5-3-1-2-4-6-9(11)8-13-12/h10H,1-8H2/p+1. The highest BCUT2D eigenvalue weighted by molar-refractivity contribution is 7.25. The average molecular weight is 205 g/mol. The molecule has 1 N–H and O–H groups in total. The van der Waals surface area contributed by atoms with Crippen molar-refractivity contribution in [2.45, 2.75) is 38.5 Å². The van der Waals surface area contributed by atoms with E-state index in [1.165, 1.54) is 0 Å². The van der Waals surface area contributed by atoms with E-state index < -0.39 is 8.46 Å². The Bertz CT molecular complexity index is 148. The highest BCUT2D eigenvalue weighted by atomic mass is 31.1. The van der Waals surface area contributed by atoms with Crippen LogP contribution in [0.3, 0.4) is 0 Å². The molecule has 0 aromatic carbocycles. The Morgan fingerprint density at radius 3 is 2.31 bits per heavy atom. The first-order valence-electron chi connectivity index (χ1n) is 4.79. The smallest absolute Gasteiger partial charge is 0.332 e. The maximum absolute atomic E-state index is 10.9. The van der Waals surface area contributed by atoms with Crippen LogP contribution in [0.25, 0.3) is 0 Å². The monoisotopic (exact) mass is 205 g/mol. The molecule has 1 unspecified atom stereocenters. The fourth-order valence-electron chi connectivity index (χ4n) is 1.13. The molecule has 0 bridgehead atoms. The fourth-order valence-corrected chi connectivity index (χ4v) is 1.47. The van der Waals surface area contributed by atoms with Crippen molar-refractivity contribution in [3.05, 3.63) is 0 Å². The first-order valence-corrected chi connectivity index (χ1v) is 5.90. The largest absolute Gasteiger partial charge is 0.396 e. The van der Waals surface area contributed by atoms with Gasteiger partial charge < -0.3 is 5.11 Å². The molecule has 0 aliphatic heterocycles. The molecular formula is C9H18O3P+. The van der Waals surface area contributed by atoms with E-state index in [-0.39, 0.29) is 18.6 Å². The van der Waals surface area contributed by atoms with Crippen LogP contribution in [0.1, 0.15) is 38.5 Å². The summed E-state index contributed by atoms with van der Waals surface area (Å²) in [4.78, 5) is 10.9. The van der Waals surface area contributed by atoms with Gasteiger partial charge in [-0.3, -0.25) is 4.79 Å². The predicted molar refractivity (Wildman–Crippen MR) is 53.7 cm³/mol. The third kappa shape index (κ3) is 9.65. The van der Waals surface area contributed by atoms with E-state index in [4.69, 9.17) is 5.11 Å². The number of aliphatic hydroxyl groups excluding tert-OH is 1. The zero-order chi connectivity index (χ0) is 9.94. The average Bonchev–Trinajstić information content (AvgIpc) is 2.11. The highest BCUT2D eigenvalue weighted by Gasteiger charge is 2.04. The van der Waals surface area contributed by atoms with Crippen molar-refractivity contribution in [2.24, 2.45) is 0 Å². The Morgan fingerprint density at radius 1 is 1.08 bits per heavy atom. The molecule has 0 aliphatic rings. The Labute approximate surface area is 80.7 Å². The van der Waals surface area contributed by atoms with Crippen molar-refractivity contribution in [1.29, 1.82) is 0 Å². The molecule has 0 saturated carbocycles. The van der Waals surface area contributed by atoms with Crippen molar-refractivity contribution in [1.82, 2.24) is 0 Å². The van der Waals surface area contributed by atoms with Gasteiger partial charge in [-0.15, -0.1) is 0 Å². The summed E-state index contributed by atoms with van der Waals surface area (Å²) in [5.41, 5.74) is 0. The van der Waals surface area contributed by atoms with Crippen LogP contribution in [0.5, 0.6) is 0 Å². The number of hydrogen-bond donors (Lipinski definition) is 1. The third-order valence-electron chi connectivity index (χ3n) is 1.88. The molecule has 0 rings (SSSR count). The van der Waals surface area contributed by atoms with E-state index in [0.29, 0.717) is 6.42 Å². The number of rotatable bonds is 9. The summed E-state index contributed by atoms with van der Waals surface area (Å²) in [5.74, 6) is 0.107. The summed E-state index contributed by atoms with van der Waals surface area (Å²) < 4.78 is 10.1. The minimum atomic E-state index is -0.482. The molecule has 0 radical (unpaired) electrons. The molecule has 1 atom stereocenters. The second kappa shape index (κ2) is 9.82. The highest BCUT2D eigenvalue weighted by Crippen LogP contribution is 2.06. The number of carbonyl (C=O) groups excluding carboxylic acids is 1. The van der Waals surface area contributed by atoms with Crippen molar-refractivity contribution in [3.63, 3.8) is 0 Å². The lowest BCUT2D eigenvalue weighted by Crippen LogP contribution is -1.98. The molecule has 4 heteroatoms. The molecule has 13 heavy (non-hydrogen) atoms. The molecule has 0 aromatic heterocycles. The Kier molecular flexibility index (Phi) is 9.61. The van der Waals surface area contributed by atoms with Crippen LogP contribution >= 0.6 is 8.46 Å². The van der Waals surface area contributed by atoms with Gasteiger partial charge >= 0.3 is 8.46 Å². The molecule has 0 amide bonds. The van der Waals surface area contributed by atoms with E-state index in [1.807, 2.05) is 0 Å². The fraction of sp³-hybridized carbons (Fsp3) is 0.889. The Balaban J connectivity index is 3.06. The number of Topliss-reactive ketones (excluding diaryl/α,β-unsaturated/α-hetero) is 1. The summed E-state index contributed by atoms with van der Waals surface area (Å²) in [6.45, 7) is 0.260. The second-order valence-electron chi connectivity index (χ2n) is 3.10. The zero-order valence-corrected chi connectivity index (χ0v) is 8.92. The van der Waals surface area contributed by atoms with Crippen molar-refractivity contribution in [3.8, 4) is 0 Å². The number of unbranched alkanes of at least 4 members (excludes halogenated alkanes) is 4. The summed E-state index contributed by atoms with van der Waals surface area (Å²) in [7, 11) is -0.482. The molecule has 0 saturated heterocycles. The predicted octanol–water partition coefficient (Wildman–Crippen LogP) is 1.91. The van der Waals surface area contributed by atoms with Crippen LogP contribution < -0.4 is 0 Å². The molecule has 3 nitrogen and oxygen atoms in total. The molecule has 0 aromatic rings. The number of hydrogen-bond acceptors (Lipinski definition) is 3. The number of aliphatic hydroxyl groups is 1. The van der Waals surface area contributed by atoms with Crippen molar-refractivity contribution < 1.29 is 14.5 Å². The minimum Gasteiger partial charge on any atom is -0.396 e. The van der Waals surface area contributed by atoms with Gasteiger partial charge in [-0.1, -0.05) is 23.8 Å². The Hall–Kier alpha value is -0.270. The lowest BCUT2D eigenvalue weighted by atomic mass is 10.1. The summed E-state index contributed by atoms with van der Waals surface area (Å²) in [6.07, 6.45) is 5.69. The van der Waals surface area contributed by atoms with E-state index in [9.17, 15) is 9.36 Å². The van der Waals surface area contributed by atoms with E-state index >= 15 is 0 Å². The molecule has 0 spiro atoms. The van der Waals surface area contributed by atoms with Gasteiger partial charge in [0.1, 0.15) is 0 Å². The molecule has 0 fully saturated rings. The van der Waals surface area contributed by atoms with E-state index in [2.05, 4.69) is 0 Å². The number of carbonyl (C=O) groups is 1. The van der Waals surface area contributed by atoms with Gasteiger partial charge in [-0.2, -0.15) is 0 Å². The third-order valence-corrected chi connectivity index (χ3v) is 2.42. The van der Waals surface area contributed by atoms with Crippen LogP contribution in [-0.2, 0) is 9.36 Å². The van der Waals surface area contributed by atoms with Crippen LogP contribution in [0.4, 0.5) is 0 Å². The van der Waals surface area contributed by atoms with Crippen LogP contribution in [-0.4, -0.2) is 23.7 Å². The summed E-state index contributed by atoms with van der Waals surface area (Å²) in [5, 5.41) is 8.49. The lowest BCUT2D eigenvalue weighted by molar-refractivity contribution is -0.116. The van der Waals surface area contributed by atoms with Crippen molar-refractivity contribution >= 4 is 14.2 Å². The van der Waals surface area contributed by atoms with Crippen LogP contribution in [0.15, 0.2) is 0 Å².